The predicted octanol–water partition coefficient (Wildman–Crippen LogP) is 1.49. The summed E-state index contributed by atoms with van der Waals surface area (Å²) in [5, 5.41) is 7.54. The third-order valence-corrected chi connectivity index (χ3v) is 3.78. The molecular weight excluding hydrogens is 270 g/mol. The van der Waals surface area contributed by atoms with Gasteiger partial charge in [-0.05, 0) is 31.0 Å². The average Bonchev–Trinajstić information content (AvgIpc) is 2.53. The van der Waals surface area contributed by atoms with Crippen molar-refractivity contribution in [3.8, 4) is 11.5 Å². The van der Waals surface area contributed by atoms with Gasteiger partial charge in [-0.25, -0.2) is 0 Å². The van der Waals surface area contributed by atoms with Crippen LogP contribution in [0.25, 0.3) is 0 Å². The van der Waals surface area contributed by atoms with E-state index in [1.165, 1.54) is 0 Å². The number of amides is 1. The van der Waals surface area contributed by atoms with Gasteiger partial charge in [-0.1, -0.05) is 0 Å². The lowest BCUT2D eigenvalue weighted by atomic mass is 9.96. The largest absolute Gasteiger partial charge is 0.493 e. The Labute approximate surface area is 124 Å². The lowest BCUT2D eigenvalue weighted by Crippen LogP contribution is -2.43. The molecule has 6 heteroatoms. The number of methoxy groups -OCH3 is 2. The molecule has 2 rings (SSSR count). The van der Waals surface area contributed by atoms with E-state index in [-0.39, 0.29) is 17.7 Å². The molecule has 1 aromatic carbocycles. The van der Waals surface area contributed by atoms with Gasteiger partial charge in [0.15, 0.2) is 11.5 Å². The van der Waals surface area contributed by atoms with Crippen molar-refractivity contribution in [3.63, 3.8) is 0 Å². The van der Waals surface area contributed by atoms with Crippen molar-refractivity contribution in [2.75, 3.05) is 27.3 Å². The fraction of sp³-hybridized carbons (Fsp3) is 0.467. The average molecular weight is 291 g/mol. The topological polar surface area (TPSA) is 88.6 Å². The van der Waals surface area contributed by atoms with Gasteiger partial charge in [0, 0.05) is 24.6 Å². The molecule has 21 heavy (non-hydrogen) atoms. The van der Waals surface area contributed by atoms with Crippen LogP contribution in [0.4, 0.5) is 0 Å². The van der Waals surface area contributed by atoms with Gasteiger partial charge in [0.2, 0.25) is 0 Å². The quantitative estimate of drug-likeness (QED) is 0.650. The van der Waals surface area contributed by atoms with Crippen LogP contribution in [0, 0.1) is 11.3 Å². The number of hydrogen-bond acceptors (Lipinski definition) is 4. The van der Waals surface area contributed by atoms with Gasteiger partial charge in [-0.2, -0.15) is 0 Å². The lowest BCUT2D eigenvalue weighted by Gasteiger charge is -2.32. The van der Waals surface area contributed by atoms with E-state index in [0.717, 1.165) is 12.8 Å². The van der Waals surface area contributed by atoms with Crippen LogP contribution in [0.1, 0.15) is 23.2 Å². The monoisotopic (exact) mass is 291 g/mol. The molecule has 1 atom stereocenters. The molecule has 1 fully saturated rings. The fourth-order valence-corrected chi connectivity index (χ4v) is 2.57. The Hall–Kier alpha value is -2.24. The van der Waals surface area contributed by atoms with Crippen molar-refractivity contribution in [1.82, 2.24) is 4.90 Å². The zero-order valence-corrected chi connectivity index (χ0v) is 12.4. The minimum absolute atomic E-state index is 0.0390. The number of nitrogens with zero attached hydrogens (tertiary/aromatic N) is 1. The molecule has 0 radical (unpaired) electrons. The highest BCUT2D eigenvalue weighted by molar-refractivity contribution is 5.95. The van der Waals surface area contributed by atoms with E-state index < -0.39 is 0 Å². The van der Waals surface area contributed by atoms with Crippen LogP contribution >= 0.6 is 0 Å². The summed E-state index contributed by atoms with van der Waals surface area (Å²) in [5.41, 5.74) is 6.11. The molecule has 1 aliphatic rings. The molecule has 0 bridgehead atoms. The van der Waals surface area contributed by atoms with Crippen molar-refractivity contribution in [3.05, 3.63) is 23.8 Å². The Kier molecular flexibility index (Phi) is 4.67. The first-order valence-corrected chi connectivity index (χ1v) is 6.92. The maximum atomic E-state index is 12.6. The van der Waals surface area contributed by atoms with Gasteiger partial charge < -0.3 is 20.1 Å². The second kappa shape index (κ2) is 6.47. The summed E-state index contributed by atoms with van der Waals surface area (Å²) < 4.78 is 10.4. The minimum atomic E-state index is -0.0677. The first-order valence-electron chi connectivity index (χ1n) is 6.92. The van der Waals surface area contributed by atoms with E-state index in [9.17, 15) is 4.79 Å². The Bertz CT molecular complexity index is 545. The molecule has 0 aliphatic carbocycles. The summed E-state index contributed by atoms with van der Waals surface area (Å²) in [5.74, 6) is 1.17. The van der Waals surface area contributed by atoms with Crippen LogP contribution in [0.15, 0.2) is 18.2 Å². The summed E-state index contributed by atoms with van der Waals surface area (Å²) in [4.78, 5) is 14.3. The fourth-order valence-electron chi connectivity index (χ4n) is 2.57. The second-order valence-corrected chi connectivity index (χ2v) is 5.12. The Morgan fingerprint density at radius 3 is 2.67 bits per heavy atom. The maximum Gasteiger partial charge on any atom is 0.254 e. The zero-order valence-electron chi connectivity index (χ0n) is 12.4. The maximum absolute atomic E-state index is 12.6. The number of hydrogen-bond donors (Lipinski definition) is 2. The number of carbonyl (C=O) groups excluding carboxylic acids is 1. The third-order valence-electron chi connectivity index (χ3n) is 3.78. The van der Waals surface area contributed by atoms with Crippen LogP contribution in [-0.4, -0.2) is 44.0 Å². The van der Waals surface area contributed by atoms with Gasteiger partial charge in [0.05, 0.1) is 20.1 Å². The summed E-state index contributed by atoms with van der Waals surface area (Å²) in [6, 6.07) is 5.12. The molecule has 1 aromatic rings. The summed E-state index contributed by atoms with van der Waals surface area (Å²) in [7, 11) is 3.10. The Balaban J connectivity index is 2.17. The minimum Gasteiger partial charge on any atom is -0.493 e. The molecule has 114 valence electrons. The predicted molar refractivity (Wildman–Crippen MR) is 80.1 cm³/mol. The number of carbonyl (C=O) groups is 1. The van der Waals surface area contributed by atoms with Crippen molar-refractivity contribution in [2.24, 2.45) is 11.7 Å². The van der Waals surface area contributed by atoms with Crippen LogP contribution in [0.5, 0.6) is 11.5 Å². The number of nitrogens with two attached hydrogens (primary N) is 1. The molecule has 3 N–H and O–H groups in total. The number of piperidine rings is 1. The van der Waals surface area contributed by atoms with Crippen molar-refractivity contribution in [2.45, 2.75) is 12.8 Å². The highest BCUT2D eigenvalue weighted by Gasteiger charge is 2.26. The van der Waals surface area contributed by atoms with E-state index >= 15 is 0 Å². The van der Waals surface area contributed by atoms with E-state index in [1.54, 1.807) is 37.3 Å². The smallest absolute Gasteiger partial charge is 0.254 e. The Morgan fingerprint density at radius 2 is 2.05 bits per heavy atom. The van der Waals surface area contributed by atoms with E-state index in [4.69, 9.17) is 20.6 Å². The number of amidine groups is 1. The summed E-state index contributed by atoms with van der Waals surface area (Å²) in [6.45, 7) is 1.19. The molecule has 0 aromatic heterocycles. The number of nitrogens with one attached hydrogen (secondary N) is 1. The number of ether oxygens (including phenoxy) is 2. The van der Waals surface area contributed by atoms with Gasteiger partial charge in [0.25, 0.3) is 5.91 Å². The molecule has 6 nitrogen and oxygen atoms in total. The summed E-state index contributed by atoms with van der Waals surface area (Å²) in [6.07, 6.45) is 1.73. The number of likely N-dealkylation sites (tertiary alicyclic amines) is 1. The molecule has 0 spiro atoms. The molecule has 1 aliphatic heterocycles. The van der Waals surface area contributed by atoms with Gasteiger partial charge in [-0.3, -0.25) is 10.2 Å². The Morgan fingerprint density at radius 1 is 1.33 bits per heavy atom. The van der Waals surface area contributed by atoms with E-state index in [1.807, 2.05) is 0 Å². The van der Waals surface area contributed by atoms with Crippen LogP contribution in [-0.2, 0) is 0 Å². The first kappa shape index (κ1) is 15.2. The van der Waals surface area contributed by atoms with Crippen molar-refractivity contribution in [1.29, 1.82) is 5.41 Å². The highest BCUT2D eigenvalue weighted by Crippen LogP contribution is 2.28. The van der Waals surface area contributed by atoms with E-state index in [0.29, 0.717) is 30.2 Å². The zero-order chi connectivity index (χ0) is 15.4. The number of benzene rings is 1. The van der Waals surface area contributed by atoms with Crippen LogP contribution in [0.3, 0.4) is 0 Å². The first-order chi connectivity index (χ1) is 10.1. The lowest BCUT2D eigenvalue weighted by molar-refractivity contribution is 0.0702. The molecule has 1 saturated heterocycles. The summed E-state index contributed by atoms with van der Waals surface area (Å²) >= 11 is 0. The standard InChI is InChI=1S/C15H21N3O3/c1-20-12-6-5-10(8-13(12)21-2)15(19)18-7-3-4-11(9-18)14(16)17/h5-6,8,11H,3-4,7,9H2,1-2H3,(H3,16,17)/t11-/m1/s1. The van der Waals surface area contributed by atoms with Crippen LogP contribution < -0.4 is 15.2 Å². The SMILES string of the molecule is COc1ccc(C(=O)N2CCC[C@@H](C(=N)N)C2)cc1OC. The van der Waals surface area contributed by atoms with Gasteiger partial charge >= 0.3 is 0 Å². The molecule has 0 saturated carbocycles. The highest BCUT2D eigenvalue weighted by atomic mass is 16.5. The molecular formula is C15H21N3O3. The molecule has 1 heterocycles. The van der Waals surface area contributed by atoms with Crippen molar-refractivity contribution >= 4 is 11.7 Å². The van der Waals surface area contributed by atoms with Gasteiger partial charge in [0.1, 0.15) is 0 Å². The van der Waals surface area contributed by atoms with Gasteiger partial charge in [-0.15, -0.1) is 0 Å². The number of rotatable bonds is 4. The second-order valence-electron chi connectivity index (χ2n) is 5.12. The van der Waals surface area contributed by atoms with E-state index in [2.05, 4.69) is 0 Å². The normalized spacial score (nSPS) is 18.2. The molecule has 1 amide bonds. The third kappa shape index (κ3) is 3.26. The molecule has 0 unspecified atom stereocenters. The van der Waals surface area contributed by atoms with Crippen molar-refractivity contribution < 1.29 is 14.3 Å². The van der Waals surface area contributed by atoms with Crippen LogP contribution in [0.2, 0.25) is 0 Å².